The molecular weight excluding hydrogens is 476 g/mol. The van der Waals surface area contributed by atoms with Crippen LogP contribution in [0, 0.1) is 0 Å². The minimum atomic E-state index is -0.697. The molecule has 4 aromatic carbocycles. The van der Waals surface area contributed by atoms with E-state index in [0.29, 0.717) is 22.3 Å². The molecule has 1 heterocycles. The van der Waals surface area contributed by atoms with Gasteiger partial charge in [-0.3, -0.25) is 19.2 Å². The summed E-state index contributed by atoms with van der Waals surface area (Å²) in [5, 5.41) is -0.364. The van der Waals surface area contributed by atoms with Gasteiger partial charge in [0.1, 0.15) is 10.7 Å². The molecule has 0 saturated carbocycles. The molecule has 5 aromatic rings. The third-order valence-corrected chi connectivity index (χ3v) is 6.08. The number of carbonyl (C=O) groups excluding carboxylic acids is 2. The number of Topliss-reactive ketones (excluding diaryl/α,β-unsaturated/α-hetero) is 2. The molecule has 0 bridgehead atoms. The van der Waals surface area contributed by atoms with Gasteiger partial charge in [0.05, 0.1) is 11.1 Å². The van der Waals surface area contributed by atoms with E-state index in [0.717, 1.165) is 0 Å². The molecule has 0 spiro atoms. The third-order valence-electron chi connectivity index (χ3n) is 6.08. The van der Waals surface area contributed by atoms with Crippen molar-refractivity contribution < 1.29 is 9.59 Å². The summed E-state index contributed by atoms with van der Waals surface area (Å²) in [4.78, 5) is 59.4. The molecule has 0 aliphatic rings. The minimum Gasteiger partial charge on any atom is -0.315 e. The van der Waals surface area contributed by atoms with Crippen molar-refractivity contribution in [1.82, 2.24) is 9.97 Å². The van der Waals surface area contributed by atoms with Crippen molar-refractivity contribution in [2.45, 2.75) is 0 Å². The molecule has 184 valence electrons. The van der Waals surface area contributed by atoms with Crippen molar-refractivity contribution in [2.24, 2.45) is 0 Å². The number of H-pyrrole nitrogens is 2. The van der Waals surface area contributed by atoms with Crippen molar-refractivity contribution in [3.63, 3.8) is 0 Å². The van der Waals surface area contributed by atoms with Crippen LogP contribution in [0.2, 0.25) is 0 Å². The SMILES string of the molecule is O=C(C(c1ccccc1)=c1[nH]c(=O)c(=C(C(=O)c2ccccc2)c2ccccc2)[nH]c1=O)c1ccccc1. The number of carbonyl (C=O) groups is 2. The lowest BCUT2D eigenvalue weighted by atomic mass is 9.95. The van der Waals surface area contributed by atoms with Gasteiger partial charge in [-0.05, 0) is 11.1 Å². The molecule has 0 saturated heterocycles. The minimum absolute atomic E-state index is 0.0531. The van der Waals surface area contributed by atoms with E-state index in [-0.39, 0.29) is 21.8 Å². The molecule has 0 amide bonds. The van der Waals surface area contributed by atoms with Crippen LogP contribution in [0.1, 0.15) is 31.8 Å². The van der Waals surface area contributed by atoms with E-state index in [1.807, 2.05) is 0 Å². The summed E-state index contributed by atoms with van der Waals surface area (Å²) in [6.45, 7) is 0. The van der Waals surface area contributed by atoms with E-state index in [9.17, 15) is 19.2 Å². The van der Waals surface area contributed by atoms with Crippen LogP contribution >= 0.6 is 0 Å². The molecule has 2 N–H and O–H groups in total. The first-order valence-corrected chi connectivity index (χ1v) is 12.0. The summed E-state index contributed by atoms with van der Waals surface area (Å²) in [6, 6.07) is 34.4. The maximum atomic E-state index is 13.6. The first-order chi connectivity index (χ1) is 18.5. The van der Waals surface area contributed by atoms with Crippen LogP contribution < -0.4 is 21.8 Å². The van der Waals surface area contributed by atoms with E-state index >= 15 is 0 Å². The fraction of sp³-hybridized carbons (Fsp3) is 0. The Morgan fingerprint density at radius 2 is 0.658 bits per heavy atom. The second-order valence-electron chi connectivity index (χ2n) is 8.53. The van der Waals surface area contributed by atoms with Gasteiger partial charge >= 0.3 is 0 Å². The third kappa shape index (κ3) is 4.83. The highest BCUT2D eigenvalue weighted by atomic mass is 16.1. The lowest BCUT2D eigenvalue weighted by Crippen LogP contribution is -2.50. The average Bonchev–Trinajstić information content (AvgIpc) is 2.97. The first-order valence-electron chi connectivity index (χ1n) is 12.0. The van der Waals surface area contributed by atoms with Crippen molar-refractivity contribution >= 4 is 22.7 Å². The van der Waals surface area contributed by atoms with Crippen molar-refractivity contribution in [3.8, 4) is 0 Å². The molecule has 0 aliphatic carbocycles. The van der Waals surface area contributed by atoms with E-state index in [1.165, 1.54) is 0 Å². The standard InChI is InChI=1S/C32H22N2O4/c35-29(23-17-9-3-10-18-23)25(21-13-5-1-6-14-21)27-31(37)34-28(32(38)33-27)26(22-15-7-2-8-16-22)30(36)24-19-11-4-12-20-24/h1-20H,(H,33,38)(H,34,37). The van der Waals surface area contributed by atoms with Gasteiger partial charge in [-0.15, -0.1) is 0 Å². The normalized spacial score (nSPS) is 12.4. The number of rotatable bonds is 6. The quantitative estimate of drug-likeness (QED) is 0.351. The fourth-order valence-corrected chi connectivity index (χ4v) is 4.27. The zero-order chi connectivity index (χ0) is 26.5. The Kier molecular flexibility index (Phi) is 6.87. The van der Waals surface area contributed by atoms with Gasteiger partial charge in [-0.25, -0.2) is 0 Å². The number of aromatic nitrogens is 2. The highest BCUT2D eigenvalue weighted by Gasteiger charge is 2.20. The highest BCUT2D eigenvalue weighted by molar-refractivity contribution is 6.29. The number of hydrogen-bond donors (Lipinski definition) is 2. The Balaban J connectivity index is 1.85. The van der Waals surface area contributed by atoms with Crippen LogP contribution in [0.3, 0.4) is 0 Å². The van der Waals surface area contributed by atoms with Crippen LogP contribution in [0.25, 0.3) is 11.1 Å². The lowest BCUT2D eigenvalue weighted by molar-refractivity contribution is 0.104. The Labute approximate surface area is 217 Å². The maximum absolute atomic E-state index is 13.6. The summed E-state index contributed by atoms with van der Waals surface area (Å²) in [5.74, 6) is -0.836. The highest BCUT2D eigenvalue weighted by Crippen LogP contribution is 2.18. The van der Waals surface area contributed by atoms with E-state index in [1.54, 1.807) is 121 Å². The Morgan fingerprint density at radius 1 is 0.395 bits per heavy atom. The summed E-state index contributed by atoms with van der Waals surface area (Å²) in [6.07, 6.45) is 0. The Bertz CT molecular complexity index is 1720. The van der Waals surface area contributed by atoms with E-state index < -0.39 is 22.7 Å². The van der Waals surface area contributed by atoms with Crippen LogP contribution in [0.5, 0.6) is 0 Å². The number of benzene rings is 4. The molecule has 0 atom stereocenters. The summed E-state index contributed by atoms with van der Waals surface area (Å²) in [7, 11) is 0. The van der Waals surface area contributed by atoms with Crippen molar-refractivity contribution in [3.05, 3.63) is 175 Å². The van der Waals surface area contributed by atoms with Gasteiger partial charge in [0.25, 0.3) is 11.1 Å². The number of ketones is 2. The second-order valence-corrected chi connectivity index (χ2v) is 8.53. The van der Waals surface area contributed by atoms with Gasteiger partial charge in [0.15, 0.2) is 11.6 Å². The molecule has 5 rings (SSSR count). The maximum Gasteiger partial charge on any atom is 0.273 e. The summed E-state index contributed by atoms with van der Waals surface area (Å²) >= 11 is 0. The number of nitrogens with one attached hydrogen (secondary N) is 2. The number of hydrogen-bond acceptors (Lipinski definition) is 4. The second kappa shape index (κ2) is 10.7. The lowest BCUT2D eigenvalue weighted by Gasteiger charge is -2.09. The van der Waals surface area contributed by atoms with Crippen molar-refractivity contribution in [2.75, 3.05) is 0 Å². The molecule has 38 heavy (non-hydrogen) atoms. The summed E-state index contributed by atoms with van der Waals surface area (Å²) < 4.78 is 0. The van der Waals surface area contributed by atoms with Crippen molar-refractivity contribution in [1.29, 1.82) is 0 Å². The first kappa shape index (κ1) is 24.3. The zero-order valence-corrected chi connectivity index (χ0v) is 20.2. The Hall–Kier alpha value is -5.36. The Morgan fingerprint density at radius 3 is 0.947 bits per heavy atom. The van der Waals surface area contributed by atoms with Crippen LogP contribution in [0.15, 0.2) is 131 Å². The average molecular weight is 499 g/mol. The molecule has 0 aliphatic heterocycles. The molecule has 6 nitrogen and oxygen atoms in total. The fourth-order valence-electron chi connectivity index (χ4n) is 4.27. The van der Waals surface area contributed by atoms with Crippen LogP contribution in [-0.4, -0.2) is 21.5 Å². The smallest absolute Gasteiger partial charge is 0.273 e. The predicted octanol–water partition coefficient (Wildman–Crippen LogP) is 3.23. The van der Waals surface area contributed by atoms with Gasteiger partial charge in [-0.2, -0.15) is 0 Å². The predicted molar refractivity (Wildman–Crippen MR) is 146 cm³/mol. The van der Waals surface area contributed by atoms with Crippen LogP contribution in [0.4, 0.5) is 0 Å². The van der Waals surface area contributed by atoms with Gasteiger partial charge in [0, 0.05) is 11.1 Å². The summed E-state index contributed by atoms with van der Waals surface area (Å²) in [5.41, 5.74) is 0.396. The largest absolute Gasteiger partial charge is 0.315 e. The van der Waals surface area contributed by atoms with Gasteiger partial charge < -0.3 is 9.97 Å². The molecule has 1 aromatic heterocycles. The van der Waals surface area contributed by atoms with Gasteiger partial charge in [-0.1, -0.05) is 121 Å². The zero-order valence-electron chi connectivity index (χ0n) is 20.2. The topological polar surface area (TPSA) is 99.9 Å². The molecule has 0 radical (unpaired) electrons. The van der Waals surface area contributed by atoms with Gasteiger partial charge in [0.2, 0.25) is 0 Å². The van der Waals surface area contributed by atoms with E-state index in [2.05, 4.69) is 9.97 Å². The van der Waals surface area contributed by atoms with E-state index in [4.69, 9.17) is 0 Å². The molecule has 6 heteroatoms. The molecular formula is C32H22N2O4. The molecule has 0 unspecified atom stereocenters. The monoisotopic (exact) mass is 498 g/mol. The molecule has 0 fully saturated rings. The van der Waals surface area contributed by atoms with Crippen LogP contribution in [-0.2, 0) is 0 Å². The number of aromatic amines is 2.